The van der Waals surface area contributed by atoms with Gasteiger partial charge in [0.1, 0.15) is 6.17 Å². The van der Waals surface area contributed by atoms with Gasteiger partial charge in [-0.05, 0) is 62.0 Å². The van der Waals surface area contributed by atoms with Crippen LogP contribution in [0, 0.1) is 0 Å². The van der Waals surface area contributed by atoms with Crippen molar-refractivity contribution in [1.82, 2.24) is 9.88 Å². The van der Waals surface area contributed by atoms with Crippen molar-refractivity contribution >= 4 is 27.5 Å². The van der Waals surface area contributed by atoms with Crippen molar-refractivity contribution in [3.8, 4) is 0 Å². The van der Waals surface area contributed by atoms with Crippen LogP contribution in [0.15, 0.2) is 16.7 Å². The zero-order valence-corrected chi connectivity index (χ0v) is 15.9. The third-order valence-corrected chi connectivity index (χ3v) is 6.48. The first-order valence-corrected chi connectivity index (χ1v) is 9.40. The molecule has 130 valence electrons. The summed E-state index contributed by atoms with van der Waals surface area (Å²) in [7, 11) is 0. The fourth-order valence-electron chi connectivity index (χ4n) is 4.57. The van der Waals surface area contributed by atoms with Gasteiger partial charge in [0.2, 0.25) is 5.91 Å². The third kappa shape index (κ3) is 2.25. The van der Waals surface area contributed by atoms with E-state index >= 15 is 0 Å². The van der Waals surface area contributed by atoms with Gasteiger partial charge in [0, 0.05) is 35.3 Å². The van der Waals surface area contributed by atoms with Crippen molar-refractivity contribution in [3.63, 3.8) is 0 Å². The zero-order chi connectivity index (χ0) is 17.3. The van der Waals surface area contributed by atoms with Crippen LogP contribution in [0.2, 0.25) is 0 Å². The van der Waals surface area contributed by atoms with Gasteiger partial charge in [-0.25, -0.2) is 4.39 Å². The lowest BCUT2D eigenvalue weighted by Gasteiger charge is -2.53. The molecule has 1 amide bonds. The topological polar surface area (TPSA) is 36.4 Å². The molecule has 1 aromatic rings. The Morgan fingerprint density at radius 2 is 2.04 bits per heavy atom. The number of amides is 1. The smallest absolute Gasteiger partial charge is 0.239 e. The van der Waals surface area contributed by atoms with Crippen LogP contribution in [0.3, 0.4) is 0 Å². The average Bonchev–Trinajstić information content (AvgIpc) is 2.98. The van der Waals surface area contributed by atoms with Crippen molar-refractivity contribution in [2.45, 2.75) is 63.2 Å². The number of hydrogen-bond acceptors (Lipinski definition) is 3. The van der Waals surface area contributed by atoms with Crippen molar-refractivity contribution in [1.29, 1.82) is 0 Å². The Hall–Kier alpha value is -1.01. The summed E-state index contributed by atoms with van der Waals surface area (Å²) in [6.07, 6.45) is 3.49. The first-order chi connectivity index (χ1) is 11.2. The van der Waals surface area contributed by atoms with Crippen molar-refractivity contribution < 1.29 is 9.18 Å². The number of nitrogens with zero attached hydrogens (tertiary/aromatic N) is 3. The molecule has 0 N–H and O–H groups in total. The maximum absolute atomic E-state index is 13.5. The van der Waals surface area contributed by atoms with Gasteiger partial charge >= 0.3 is 0 Å². The lowest BCUT2D eigenvalue weighted by molar-refractivity contribution is -0.123. The number of carbonyl (C=O) groups excluding carboxylic acids is 1. The van der Waals surface area contributed by atoms with Gasteiger partial charge in [0.05, 0.1) is 16.8 Å². The quantitative estimate of drug-likeness (QED) is 0.769. The van der Waals surface area contributed by atoms with E-state index in [1.807, 2.05) is 24.8 Å². The zero-order valence-electron chi connectivity index (χ0n) is 14.4. The van der Waals surface area contributed by atoms with E-state index in [1.165, 1.54) is 0 Å². The van der Waals surface area contributed by atoms with E-state index in [9.17, 15) is 9.18 Å². The van der Waals surface area contributed by atoms with Crippen LogP contribution in [-0.4, -0.2) is 46.6 Å². The summed E-state index contributed by atoms with van der Waals surface area (Å²) >= 11 is 3.47. The molecule has 1 atom stereocenters. The fraction of sp³-hybridized carbons (Fsp3) is 0.667. The summed E-state index contributed by atoms with van der Waals surface area (Å²) in [6.45, 7) is 7.45. The van der Waals surface area contributed by atoms with Crippen LogP contribution in [0.4, 0.5) is 10.1 Å². The molecule has 2 aliphatic heterocycles. The molecule has 1 saturated carbocycles. The van der Waals surface area contributed by atoms with E-state index < -0.39 is 11.6 Å². The Morgan fingerprint density at radius 1 is 1.33 bits per heavy atom. The molecule has 6 heteroatoms. The molecule has 3 heterocycles. The van der Waals surface area contributed by atoms with Crippen LogP contribution < -0.4 is 4.90 Å². The highest BCUT2D eigenvalue weighted by molar-refractivity contribution is 9.10. The molecule has 1 aliphatic carbocycles. The largest absolute Gasteiger partial charge is 0.307 e. The maximum atomic E-state index is 13.5. The summed E-state index contributed by atoms with van der Waals surface area (Å²) in [5.74, 6) is 0.125. The normalized spacial score (nSPS) is 35.2. The minimum absolute atomic E-state index is 0.0120. The average molecular weight is 396 g/mol. The number of fused-ring (bicyclic) bond motifs is 1. The van der Waals surface area contributed by atoms with E-state index in [0.717, 1.165) is 35.2 Å². The molecular weight excluding hydrogens is 373 g/mol. The number of likely N-dealkylation sites (tertiary alicyclic amines) is 1. The molecule has 4 rings (SSSR count). The number of rotatable bonds is 2. The molecule has 4 nitrogen and oxygen atoms in total. The summed E-state index contributed by atoms with van der Waals surface area (Å²) < 4.78 is 14.4. The number of hydrogen-bond donors (Lipinski definition) is 0. The second-order valence-electron chi connectivity index (χ2n) is 8.21. The minimum Gasteiger partial charge on any atom is -0.307 e. The van der Waals surface area contributed by atoms with Crippen LogP contribution in [0.25, 0.3) is 0 Å². The highest BCUT2D eigenvalue weighted by atomic mass is 79.9. The first-order valence-electron chi connectivity index (χ1n) is 8.61. The highest BCUT2D eigenvalue weighted by Crippen LogP contribution is 2.49. The predicted molar refractivity (Wildman–Crippen MR) is 95.0 cm³/mol. The molecule has 1 aromatic heterocycles. The van der Waals surface area contributed by atoms with E-state index in [4.69, 9.17) is 0 Å². The van der Waals surface area contributed by atoms with Gasteiger partial charge in [0.25, 0.3) is 0 Å². The second-order valence-corrected chi connectivity index (χ2v) is 9.13. The molecular formula is C18H23BrFN3O. The third-order valence-electron chi connectivity index (χ3n) is 6.05. The maximum Gasteiger partial charge on any atom is 0.239 e. The second kappa shape index (κ2) is 5.24. The van der Waals surface area contributed by atoms with Gasteiger partial charge in [0.15, 0.2) is 0 Å². The summed E-state index contributed by atoms with van der Waals surface area (Å²) in [4.78, 5) is 21.7. The summed E-state index contributed by atoms with van der Waals surface area (Å²) in [5.41, 5.74) is 1.21. The number of alkyl halides is 1. The Bertz CT molecular complexity index is 702. The Labute approximate surface area is 150 Å². The number of halogens is 2. The molecule has 3 aliphatic rings. The lowest BCUT2D eigenvalue weighted by Crippen LogP contribution is -2.62. The van der Waals surface area contributed by atoms with Crippen LogP contribution in [0.5, 0.6) is 0 Å². The van der Waals surface area contributed by atoms with Gasteiger partial charge in [-0.15, -0.1) is 0 Å². The Kier molecular flexibility index (Phi) is 3.59. The summed E-state index contributed by atoms with van der Waals surface area (Å²) in [5, 5.41) is 0. The van der Waals surface area contributed by atoms with Gasteiger partial charge in [-0.2, -0.15) is 0 Å². The molecule has 0 spiro atoms. The van der Waals surface area contributed by atoms with Crippen molar-refractivity contribution in [3.05, 3.63) is 22.4 Å². The Balaban J connectivity index is 1.58. The van der Waals surface area contributed by atoms with E-state index in [-0.39, 0.29) is 17.5 Å². The molecule has 24 heavy (non-hydrogen) atoms. The minimum atomic E-state index is -0.700. The van der Waals surface area contributed by atoms with Crippen LogP contribution >= 0.6 is 15.9 Å². The monoisotopic (exact) mass is 395 g/mol. The van der Waals surface area contributed by atoms with E-state index in [1.54, 1.807) is 6.20 Å². The lowest BCUT2D eigenvalue weighted by atomic mass is 9.72. The molecule has 1 unspecified atom stereocenters. The summed E-state index contributed by atoms with van der Waals surface area (Å²) in [6, 6.07) is 2.18. The molecule has 0 aromatic carbocycles. The number of pyridine rings is 1. The number of anilines is 1. The van der Waals surface area contributed by atoms with Gasteiger partial charge < -0.3 is 4.90 Å². The van der Waals surface area contributed by atoms with E-state index in [2.05, 4.69) is 32.7 Å². The SMILES string of the molecule is CC1(C)C(=O)N(C2CC(C)(N3CCC(F)C3)C2)c2cc(Br)cnc21. The van der Waals surface area contributed by atoms with Gasteiger partial charge in [-0.1, -0.05) is 0 Å². The molecule has 0 radical (unpaired) electrons. The standard InChI is InChI=1S/C18H23BrFN3O/c1-17(2)15-14(6-11(19)9-21-15)23(16(17)24)13-7-18(3,8-13)22-5-4-12(20)10-22/h6,9,12-13H,4-5,7-8,10H2,1-3H3. The highest BCUT2D eigenvalue weighted by Gasteiger charge is 2.55. The Morgan fingerprint density at radius 3 is 2.67 bits per heavy atom. The van der Waals surface area contributed by atoms with Crippen molar-refractivity contribution in [2.75, 3.05) is 18.0 Å². The van der Waals surface area contributed by atoms with Crippen LogP contribution in [-0.2, 0) is 10.2 Å². The van der Waals surface area contributed by atoms with Crippen LogP contribution in [0.1, 0.15) is 45.7 Å². The van der Waals surface area contributed by atoms with E-state index in [0.29, 0.717) is 13.0 Å². The molecule has 1 saturated heterocycles. The van der Waals surface area contributed by atoms with Crippen molar-refractivity contribution in [2.24, 2.45) is 0 Å². The molecule has 0 bridgehead atoms. The number of carbonyl (C=O) groups is 1. The first kappa shape index (κ1) is 16.5. The predicted octanol–water partition coefficient (Wildman–Crippen LogP) is 3.43. The molecule has 2 fully saturated rings. The number of aromatic nitrogens is 1. The van der Waals surface area contributed by atoms with Gasteiger partial charge in [-0.3, -0.25) is 14.7 Å². The fourth-order valence-corrected chi connectivity index (χ4v) is 4.89.